The van der Waals surface area contributed by atoms with Gasteiger partial charge in [-0.2, -0.15) is 0 Å². The van der Waals surface area contributed by atoms with Gasteiger partial charge in [-0.15, -0.1) is 24.0 Å². The van der Waals surface area contributed by atoms with Crippen molar-refractivity contribution < 1.29 is 9.53 Å². The van der Waals surface area contributed by atoms with Crippen LogP contribution in [0.3, 0.4) is 0 Å². The first kappa shape index (κ1) is 22.9. The summed E-state index contributed by atoms with van der Waals surface area (Å²) in [6, 6.07) is 8.15. The number of nitrogens with zero attached hydrogens (tertiary/aromatic N) is 2. The number of amides is 1. The van der Waals surface area contributed by atoms with Crippen molar-refractivity contribution in [3.8, 4) is 0 Å². The first-order valence-electron chi connectivity index (χ1n) is 9.89. The lowest BCUT2D eigenvalue weighted by Gasteiger charge is -2.61. The van der Waals surface area contributed by atoms with E-state index < -0.39 is 0 Å². The number of carbonyl (C=O) groups excluding carboxylic acids is 1. The predicted octanol–water partition coefficient (Wildman–Crippen LogP) is 3.02. The van der Waals surface area contributed by atoms with Crippen molar-refractivity contribution in [2.45, 2.75) is 51.3 Å². The summed E-state index contributed by atoms with van der Waals surface area (Å²) < 4.78 is 5.93. The molecule has 2 aliphatic rings. The molecule has 0 aliphatic heterocycles. The highest BCUT2D eigenvalue weighted by Crippen LogP contribution is 2.57. The zero-order valence-electron chi connectivity index (χ0n) is 17.3. The molecule has 1 spiro atoms. The molecular weight excluding hydrogens is 467 g/mol. The van der Waals surface area contributed by atoms with Gasteiger partial charge in [0.05, 0.1) is 6.10 Å². The van der Waals surface area contributed by atoms with Crippen molar-refractivity contribution in [1.29, 1.82) is 0 Å². The summed E-state index contributed by atoms with van der Waals surface area (Å²) in [6.07, 6.45) is 5.23. The van der Waals surface area contributed by atoms with Gasteiger partial charge in [0.25, 0.3) is 5.91 Å². The van der Waals surface area contributed by atoms with E-state index in [9.17, 15) is 4.79 Å². The molecule has 1 aromatic carbocycles. The average Bonchev–Trinajstić information content (AvgIpc) is 2.61. The van der Waals surface area contributed by atoms with Crippen LogP contribution in [-0.4, -0.2) is 56.7 Å². The van der Waals surface area contributed by atoms with Gasteiger partial charge in [0.15, 0.2) is 5.96 Å². The number of carbonyl (C=O) groups is 1. The van der Waals surface area contributed by atoms with Gasteiger partial charge in [-0.3, -0.25) is 9.79 Å². The molecule has 1 amide bonds. The van der Waals surface area contributed by atoms with Crippen LogP contribution in [-0.2, 0) is 11.3 Å². The van der Waals surface area contributed by atoms with Gasteiger partial charge in [0.1, 0.15) is 0 Å². The van der Waals surface area contributed by atoms with E-state index in [0.717, 1.165) is 24.6 Å². The summed E-state index contributed by atoms with van der Waals surface area (Å²) in [5.74, 6) is 0.848. The molecule has 6 nitrogen and oxygen atoms in total. The maximum Gasteiger partial charge on any atom is 0.253 e. The molecule has 28 heavy (non-hydrogen) atoms. The first-order valence-corrected chi connectivity index (χ1v) is 9.89. The number of hydrogen-bond acceptors (Lipinski definition) is 3. The lowest BCUT2D eigenvalue weighted by atomic mass is 9.51. The number of halogens is 1. The van der Waals surface area contributed by atoms with Crippen LogP contribution in [0.4, 0.5) is 0 Å². The van der Waals surface area contributed by atoms with Gasteiger partial charge in [-0.1, -0.05) is 18.6 Å². The Balaban J connectivity index is 0.00000280. The number of rotatable bonds is 6. The van der Waals surface area contributed by atoms with Gasteiger partial charge in [0, 0.05) is 51.3 Å². The summed E-state index contributed by atoms with van der Waals surface area (Å²) in [4.78, 5) is 17.9. The highest BCUT2D eigenvalue weighted by atomic mass is 127. The summed E-state index contributed by atoms with van der Waals surface area (Å²) in [6.45, 7) is 3.54. The zero-order chi connectivity index (χ0) is 19.4. The molecule has 0 aromatic heterocycles. The minimum atomic E-state index is 0. The van der Waals surface area contributed by atoms with Crippen LogP contribution in [0.15, 0.2) is 29.3 Å². The smallest absolute Gasteiger partial charge is 0.253 e. The standard InChI is InChI=1S/C21H32N4O2.HI/c1-5-27-18-13-17(21(18)11-6-12-21)24-20(22-2)23-14-15-7-9-16(10-8-15)19(26)25(3)4;/h7-10,17-18H,5-6,11-14H2,1-4H3,(H2,22,23,24);1H. The van der Waals surface area contributed by atoms with E-state index in [0.29, 0.717) is 29.7 Å². The third-order valence-electron chi connectivity index (χ3n) is 6.04. The number of aliphatic imine (C=N–C) groups is 1. The molecule has 2 unspecified atom stereocenters. The van der Waals surface area contributed by atoms with Gasteiger partial charge < -0.3 is 20.3 Å². The van der Waals surface area contributed by atoms with E-state index in [1.165, 1.54) is 19.3 Å². The molecule has 2 atom stereocenters. The Labute approximate surface area is 185 Å². The van der Waals surface area contributed by atoms with Crippen LogP contribution >= 0.6 is 24.0 Å². The molecule has 3 rings (SSSR count). The summed E-state index contributed by atoms with van der Waals surface area (Å²) in [5.41, 5.74) is 2.13. The van der Waals surface area contributed by atoms with Crippen LogP contribution < -0.4 is 10.6 Å². The topological polar surface area (TPSA) is 66.0 Å². The molecule has 7 heteroatoms. The van der Waals surface area contributed by atoms with Crippen molar-refractivity contribution >= 4 is 35.8 Å². The predicted molar refractivity (Wildman–Crippen MR) is 123 cm³/mol. The van der Waals surface area contributed by atoms with E-state index in [1.807, 2.05) is 24.3 Å². The molecule has 1 aromatic rings. The van der Waals surface area contributed by atoms with E-state index in [4.69, 9.17) is 4.74 Å². The molecule has 0 bridgehead atoms. The Morgan fingerprint density at radius 2 is 1.96 bits per heavy atom. The Morgan fingerprint density at radius 1 is 1.29 bits per heavy atom. The van der Waals surface area contributed by atoms with Crippen molar-refractivity contribution in [3.05, 3.63) is 35.4 Å². The van der Waals surface area contributed by atoms with Crippen molar-refractivity contribution in [2.75, 3.05) is 27.7 Å². The third-order valence-corrected chi connectivity index (χ3v) is 6.04. The molecular formula is C21H33IN4O2. The monoisotopic (exact) mass is 500 g/mol. The van der Waals surface area contributed by atoms with E-state index in [-0.39, 0.29) is 29.9 Å². The minimum absolute atomic E-state index is 0. The SMILES string of the molecule is CCOC1CC(NC(=NC)NCc2ccc(C(=O)N(C)C)cc2)C12CCC2.I. The van der Waals surface area contributed by atoms with Crippen LogP contribution in [0, 0.1) is 5.41 Å². The number of guanidine groups is 1. The quantitative estimate of drug-likeness (QED) is 0.358. The number of nitrogens with one attached hydrogen (secondary N) is 2. The molecule has 156 valence electrons. The normalized spacial score (nSPS) is 22.5. The van der Waals surface area contributed by atoms with Gasteiger partial charge in [0.2, 0.25) is 0 Å². The summed E-state index contributed by atoms with van der Waals surface area (Å²) in [7, 11) is 5.33. The lowest BCUT2D eigenvalue weighted by molar-refractivity contribution is -0.168. The lowest BCUT2D eigenvalue weighted by Crippen LogP contribution is -2.68. The second kappa shape index (κ2) is 9.91. The van der Waals surface area contributed by atoms with Crippen molar-refractivity contribution in [3.63, 3.8) is 0 Å². The Morgan fingerprint density at radius 3 is 2.46 bits per heavy atom. The summed E-state index contributed by atoms with van der Waals surface area (Å²) in [5, 5.41) is 6.99. The van der Waals surface area contributed by atoms with E-state index in [2.05, 4.69) is 22.5 Å². The molecule has 2 fully saturated rings. The Hall–Kier alpha value is -1.35. The minimum Gasteiger partial charge on any atom is -0.378 e. The Bertz CT molecular complexity index is 686. The largest absolute Gasteiger partial charge is 0.378 e. The second-order valence-corrected chi connectivity index (χ2v) is 7.79. The fourth-order valence-corrected chi connectivity index (χ4v) is 4.21. The second-order valence-electron chi connectivity index (χ2n) is 7.79. The van der Waals surface area contributed by atoms with Crippen LogP contribution in [0.2, 0.25) is 0 Å². The van der Waals surface area contributed by atoms with E-state index >= 15 is 0 Å². The molecule has 0 radical (unpaired) electrons. The molecule has 2 saturated carbocycles. The van der Waals surface area contributed by atoms with E-state index in [1.54, 1.807) is 26.0 Å². The zero-order valence-corrected chi connectivity index (χ0v) is 19.7. The number of hydrogen-bond donors (Lipinski definition) is 2. The van der Waals surface area contributed by atoms with Crippen LogP contribution in [0.25, 0.3) is 0 Å². The fourth-order valence-electron chi connectivity index (χ4n) is 4.21. The fraction of sp³-hybridized carbons (Fsp3) is 0.619. The number of benzene rings is 1. The number of ether oxygens (including phenoxy) is 1. The van der Waals surface area contributed by atoms with Crippen molar-refractivity contribution in [2.24, 2.45) is 10.4 Å². The van der Waals surface area contributed by atoms with Crippen LogP contribution in [0.5, 0.6) is 0 Å². The molecule has 2 N–H and O–H groups in total. The molecule has 0 heterocycles. The maximum absolute atomic E-state index is 12.0. The first-order chi connectivity index (χ1) is 13.0. The van der Waals surface area contributed by atoms with Crippen molar-refractivity contribution in [1.82, 2.24) is 15.5 Å². The highest BCUT2D eigenvalue weighted by molar-refractivity contribution is 14.0. The Kier molecular flexibility index (Phi) is 8.12. The third kappa shape index (κ3) is 4.62. The highest BCUT2D eigenvalue weighted by Gasteiger charge is 2.59. The van der Waals surface area contributed by atoms with Gasteiger partial charge in [-0.05, 0) is 43.9 Å². The maximum atomic E-state index is 12.0. The van der Waals surface area contributed by atoms with Crippen LogP contribution in [0.1, 0.15) is 48.5 Å². The molecule has 0 saturated heterocycles. The van der Waals surface area contributed by atoms with Gasteiger partial charge in [-0.25, -0.2) is 0 Å². The van der Waals surface area contributed by atoms with Gasteiger partial charge >= 0.3 is 0 Å². The summed E-state index contributed by atoms with van der Waals surface area (Å²) >= 11 is 0. The average molecular weight is 500 g/mol. The molecule has 2 aliphatic carbocycles.